The summed E-state index contributed by atoms with van der Waals surface area (Å²) in [4.78, 5) is 0. The van der Waals surface area contributed by atoms with Crippen molar-refractivity contribution in [3.05, 3.63) is 58.6 Å². The van der Waals surface area contributed by atoms with E-state index in [1.165, 1.54) is 5.56 Å². The number of ether oxygens (including phenoxy) is 1. The van der Waals surface area contributed by atoms with Crippen LogP contribution in [0.15, 0.2) is 42.5 Å². The van der Waals surface area contributed by atoms with Gasteiger partial charge in [0.15, 0.2) is 0 Å². The molecule has 2 aromatic carbocycles. The summed E-state index contributed by atoms with van der Waals surface area (Å²) in [5.74, 6) is 1.91. The number of benzene rings is 2. The van der Waals surface area contributed by atoms with Crippen LogP contribution in [-0.2, 0) is 0 Å². The van der Waals surface area contributed by atoms with Crippen LogP contribution in [0.2, 0.25) is 5.02 Å². The normalized spacial score (nSPS) is 12.5. The summed E-state index contributed by atoms with van der Waals surface area (Å²) in [5, 5.41) is 0.578. The van der Waals surface area contributed by atoms with Gasteiger partial charge in [0, 0.05) is 6.04 Å². The minimum Gasteiger partial charge on any atom is -0.456 e. The van der Waals surface area contributed by atoms with Crippen LogP contribution < -0.4 is 10.5 Å². The van der Waals surface area contributed by atoms with E-state index in [0.29, 0.717) is 16.7 Å². The van der Waals surface area contributed by atoms with Crippen molar-refractivity contribution >= 4 is 11.6 Å². The van der Waals surface area contributed by atoms with E-state index >= 15 is 0 Å². The number of hydrogen-bond donors (Lipinski definition) is 1. The molecule has 0 aliphatic heterocycles. The third-order valence-electron chi connectivity index (χ3n) is 3.23. The molecule has 2 rings (SSSR count). The average Bonchev–Trinajstić information content (AvgIpc) is 2.41. The van der Waals surface area contributed by atoms with E-state index in [1.54, 1.807) is 0 Å². The van der Waals surface area contributed by atoms with E-state index < -0.39 is 0 Å². The fourth-order valence-corrected chi connectivity index (χ4v) is 2.17. The first kappa shape index (κ1) is 14.9. The third kappa shape index (κ3) is 3.53. The first-order valence-corrected chi connectivity index (χ1v) is 7.18. The van der Waals surface area contributed by atoms with Crippen LogP contribution in [-0.4, -0.2) is 0 Å². The average molecular weight is 290 g/mol. The van der Waals surface area contributed by atoms with Crippen LogP contribution in [0.3, 0.4) is 0 Å². The van der Waals surface area contributed by atoms with Crippen molar-refractivity contribution < 1.29 is 4.74 Å². The van der Waals surface area contributed by atoms with Crippen molar-refractivity contribution in [1.82, 2.24) is 0 Å². The molecule has 0 aliphatic rings. The van der Waals surface area contributed by atoms with E-state index in [-0.39, 0.29) is 6.04 Å². The number of halogens is 1. The van der Waals surface area contributed by atoms with Gasteiger partial charge in [0.25, 0.3) is 0 Å². The Hall–Kier alpha value is -1.51. The maximum Gasteiger partial charge on any atom is 0.146 e. The van der Waals surface area contributed by atoms with E-state index in [1.807, 2.05) is 43.3 Å². The monoisotopic (exact) mass is 289 g/mol. The zero-order chi connectivity index (χ0) is 14.7. The molecule has 0 aromatic heterocycles. The van der Waals surface area contributed by atoms with Gasteiger partial charge in [-0.15, -0.1) is 0 Å². The largest absolute Gasteiger partial charge is 0.456 e. The fourth-order valence-electron chi connectivity index (χ4n) is 1.95. The summed E-state index contributed by atoms with van der Waals surface area (Å²) < 4.78 is 5.86. The zero-order valence-electron chi connectivity index (χ0n) is 12.1. The summed E-state index contributed by atoms with van der Waals surface area (Å²) in [6.07, 6.45) is 0. The Morgan fingerprint density at radius 3 is 2.35 bits per heavy atom. The van der Waals surface area contributed by atoms with Crippen LogP contribution in [0, 0.1) is 0 Å². The molecule has 0 bridgehead atoms. The van der Waals surface area contributed by atoms with Gasteiger partial charge in [0.05, 0.1) is 5.02 Å². The molecule has 3 heteroatoms. The highest BCUT2D eigenvalue weighted by atomic mass is 35.5. The van der Waals surface area contributed by atoms with Crippen molar-refractivity contribution in [2.45, 2.75) is 32.7 Å². The minimum atomic E-state index is -0.0363. The molecule has 0 fully saturated rings. The summed E-state index contributed by atoms with van der Waals surface area (Å²) in [6.45, 7) is 6.24. The maximum absolute atomic E-state index is 6.25. The summed E-state index contributed by atoms with van der Waals surface area (Å²) in [7, 11) is 0. The number of rotatable bonds is 4. The molecule has 1 atom stereocenters. The van der Waals surface area contributed by atoms with Gasteiger partial charge in [-0.25, -0.2) is 0 Å². The lowest BCUT2D eigenvalue weighted by Gasteiger charge is -2.12. The topological polar surface area (TPSA) is 35.2 Å². The van der Waals surface area contributed by atoms with Crippen molar-refractivity contribution in [3.63, 3.8) is 0 Å². The predicted octanol–water partition coefficient (Wildman–Crippen LogP) is 5.28. The second-order valence-electron chi connectivity index (χ2n) is 5.31. The molecule has 2 aromatic rings. The molecule has 0 heterocycles. The Bertz CT molecular complexity index is 593. The van der Waals surface area contributed by atoms with Gasteiger partial charge in [0.1, 0.15) is 11.5 Å². The molecule has 0 saturated carbocycles. The first-order valence-electron chi connectivity index (χ1n) is 6.80. The third-order valence-corrected chi connectivity index (χ3v) is 3.53. The molecule has 0 radical (unpaired) electrons. The Balaban J connectivity index is 2.24. The number of nitrogens with two attached hydrogens (primary N) is 1. The lowest BCUT2D eigenvalue weighted by molar-refractivity contribution is 0.481. The van der Waals surface area contributed by atoms with Gasteiger partial charge in [-0.3, -0.25) is 0 Å². The first-order chi connectivity index (χ1) is 9.47. The van der Waals surface area contributed by atoms with Gasteiger partial charge >= 0.3 is 0 Å². The molecule has 0 saturated heterocycles. The molecule has 20 heavy (non-hydrogen) atoms. The molecule has 0 spiro atoms. The van der Waals surface area contributed by atoms with E-state index in [2.05, 4.69) is 19.9 Å². The Morgan fingerprint density at radius 2 is 1.75 bits per heavy atom. The highest BCUT2D eigenvalue weighted by molar-refractivity contribution is 6.32. The van der Waals surface area contributed by atoms with Crippen LogP contribution in [0.1, 0.15) is 43.9 Å². The second kappa shape index (κ2) is 6.29. The molecule has 0 unspecified atom stereocenters. The lowest BCUT2D eigenvalue weighted by atomic mass is 10.0. The van der Waals surface area contributed by atoms with Gasteiger partial charge in [-0.2, -0.15) is 0 Å². The zero-order valence-corrected chi connectivity index (χ0v) is 12.8. The standard InChI is InChI=1S/C17H20ClNO/c1-11(2)13-5-4-6-15(9-13)20-17-8-7-14(12(3)19)10-16(17)18/h4-12H,19H2,1-3H3/t12-/m0/s1. The Kier molecular flexibility index (Phi) is 4.69. The smallest absolute Gasteiger partial charge is 0.146 e. The Morgan fingerprint density at radius 1 is 1.00 bits per heavy atom. The van der Waals surface area contributed by atoms with Gasteiger partial charge < -0.3 is 10.5 Å². The summed E-state index contributed by atoms with van der Waals surface area (Å²) >= 11 is 6.25. The van der Waals surface area contributed by atoms with Crippen LogP contribution >= 0.6 is 11.6 Å². The fraction of sp³-hybridized carbons (Fsp3) is 0.294. The van der Waals surface area contributed by atoms with Gasteiger partial charge in [0.2, 0.25) is 0 Å². The van der Waals surface area contributed by atoms with E-state index in [0.717, 1.165) is 11.3 Å². The SMILES string of the molecule is CC(C)c1cccc(Oc2ccc([C@H](C)N)cc2Cl)c1. The van der Waals surface area contributed by atoms with Crippen LogP contribution in [0.4, 0.5) is 0 Å². The van der Waals surface area contributed by atoms with Crippen LogP contribution in [0.25, 0.3) is 0 Å². The maximum atomic E-state index is 6.25. The van der Waals surface area contributed by atoms with Gasteiger partial charge in [-0.1, -0.05) is 43.6 Å². The predicted molar refractivity (Wildman–Crippen MR) is 84.7 cm³/mol. The molecule has 0 aliphatic carbocycles. The lowest BCUT2D eigenvalue weighted by Crippen LogP contribution is -2.04. The van der Waals surface area contributed by atoms with E-state index in [9.17, 15) is 0 Å². The van der Waals surface area contributed by atoms with Crippen molar-refractivity contribution in [2.75, 3.05) is 0 Å². The van der Waals surface area contributed by atoms with Crippen LogP contribution in [0.5, 0.6) is 11.5 Å². The quantitative estimate of drug-likeness (QED) is 0.831. The molecule has 2 nitrogen and oxygen atoms in total. The highest BCUT2D eigenvalue weighted by Crippen LogP contribution is 2.32. The van der Waals surface area contributed by atoms with Gasteiger partial charge in [-0.05, 0) is 48.2 Å². The van der Waals surface area contributed by atoms with Crippen molar-refractivity contribution in [1.29, 1.82) is 0 Å². The Labute approximate surface area is 125 Å². The molecular weight excluding hydrogens is 270 g/mol. The summed E-state index contributed by atoms with van der Waals surface area (Å²) in [6, 6.07) is 13.7. The molecule has 2 N–H and O–H groups in total. The molecule has 106 valence electrons. The second-order valence-corrected chi connectivity index (χ2v) is 5.71. The number of hydrogen-bond acceptors (Lipinski definition) is 2. The molecular formula is C17H20ClNO. The molecule has 0 amide bonds. The summed E-state index contributed by atoms with van der Waals surface area (Å²) in [5.41, 5.74) is 8.08. The van der Waals surface area contributed by atoms with Crippen molar-refractivity contribution in [2.24, 2.45) is 5.73 Å². The minimum absolute atomic E-state index is 0.0363. The van der Waals surface area contributed by atoms with Crippen molar-refractivity contribution in [3.8, 4) is 11.5 Å². The van der Waals surface area contributed by atoms with E-state index in [4.69, 9.17) is 22.1 Å². The highest BCUT2D eigenvalue weighted by Gasteiger charge is 2.08.